The van der Waals surface area contributed by atoms with Crippen molar-refractivity contribution in [2.75, 3.05) is 0 Å². The third kappa shape index (κ3) is 2.99. The van der Waals surface area contributed by atoms with Gasteiger partial charge in [0.05, 0.1) is 5.56 Å². The molecule has 0 aromatic heterocycles. The van der Waals surface area contributed by atoms with Crippen molar-refractivity contribution >= 4 is 5.97 Å². The van der Waals surface area contributed by atoms with Crippen LogP contribution in [0.15, 0.2) is 36.4 Å². The molecule has 0 heterocycles. The Morgan fingerprint density at radius 1 is 1.31 bits per heavy atom. The highest BCUT2D eigenvalue weighted by molar-refractivity contribution is 5.87. The summed E-state index contributed by atoms with van der Waals surface area (Å²) in [6, 6.07) is 6.58. The molecule has 0 bridgehead atoms. The first-order valence-electron chi connectivity index (χ1n) is 5.27. The standard InChI is InChI=1S/C14H12O2/c15-14(16)13-9-7-12(8-10-13)4-2-1-3-11-5-6-11/h1,3,7-11H,5-6H2,(H,15,16). The van der Waals surface area contributed by atoms with E-state index in [1.165, 1.54) is 12.8 Å². The predicted octanol–water partition coefficient (Wildman–Crippen LogP) is 2.70. The van der Waals surface area contributed by atoms with E-state index >= 15 is 0 Å². The zero-order valence-electron chi connectivity index (χ0n) is 8.81. The molecule has 1 N–H and O–H groups in total. The van der Waals surface area contributed by atoms with Gasteiger partial charge >= 0.3 is 5.97 Å². The lowest BCUT2D eigenvalue weighted by molar-refractivity contribution is 0.0697. The molecule has 1 aromatic rings. The second-order valence-electron chi connectivity index (χ2n) is 3.85. The number of hydrogen-bond acceptors (Lipinski definition) is 1. The molecule has 0 spiro atoms. The fourth-order valence-corrected chi connectivity index (χ4v) is 1.29. The molecule has 1 fully saturated rings. The molecule has 2 nitrogen and oxygen atoms in total. The van der Waals surface area contributed by atoms with Gasteiger partial charge in [0.1, 0.15) is 0 Å². The Balaban J connectivity index is 2.00. The van der Waals surface area contributed by atoms with Gasteiger partial charge in [-0.15, -0.1) is 0 Å². The van der Waals surface area contributed by atoms with Gasteiger partial charge in [-0.1, -0.05) is 17.9 Å². The van der Waals surface area contributed by atoms with Gasteiger partial charge in [-0.2, -0.15) is 0 Å². The minimum Gasteiger partial charge on any atom is -0.478 e. The molecule has 0 radical (unpaired) electrons. The zero-order chi connectivity index (χ0) is 11.4. The number of carboxylic acid groups (broad SMARTS) is 1. The number of hydrogen-bond donors (Lipinski definition) is 1. The van der Waals surface area contributed by atoms with Crippen LogP contribution in [0.2, 0.25) is 0 Å². The quantitative estimate of drug-likeness (QED) is 0.765. The van der Waals surface area contributed by atoms with E-state index in [0.29, 0.717) is 5.56 Å². The summed E-state index contributed by atoms with van der Waals surface area (Å²) in [6.45, 7) is 0. The molecule has 0 saturated heterocycles. The summed E-state index contributed by atoms with van der Waals surface area (Å²) in [5.41, 5.74) is 1.13. The van der Waals surface area contributed by atoms with E-state index in [1.54, 1.807) is 24.3 Å². The summed E-state index contributed by atoms with van der Waals surface area (Å²) in [6.07, 6.45) is 6.57. The number of benzene rings is 1. The van der Waals surface area contributed by atoms with E-state index in [9.17, 15) is 4.79 Å². The molecule has 0 amide bonds. The lowest BCUT2D eigenvalue weighted by Crippen LogP contribution is -1.94. The molecule has 1 aliphatic rings. The predicted molar refractivity (Wildman–Crippen MR) is 62.1 cm³/mol. The minimum absolute atomic E-state index is 0.291. The highest BCUT2D eigenvalue weighted by atomic mass is 16.4. The third-order valence-corrected chi connectivity index (χ3v) is 2.42. The number of rotatable bonds is 2. The minimum atomic E-state index is -0.909. The molecule has 0 atom stereocenters. The molecule has 2 heteroatoms. The Morgan fingerprint density at radius 3 is 2.56 bits per heavy atom. The van der Waals surface area contributed by atoms with Gasteiger partial charge in [-0.3, -0.25) is 0 Å². The normalized spacial score (nSPS) is 14.5. The Labute approximate surface area is 94.6 Å². The first kappa shape index (κ1) is 10.5. The van der Waals surface area contributed by atoms with Crippen molar-refractivity contribution in [1.29, 1.82) is 0 Å². The van der Waals surface area contributed by atoms with Crippen LogP contribution in [-0.4, -0.2) is 11.1 Å². The van der Waals surface area contributed by atoms with Crippen molar-refractivity contribution in [2.24, 2.45) is 5.92 Å². The Bertz CT molecular complexity index is 468. The van der Waals surface area contributed by atoms with Crippen molar-refractivity contribution in [3.05, 3.63) is 47.5 Å². The van der Waals surface area contributed by atoms with Crippen LogP contribution in [0.1, 0.15) is 28.8 Å². The summed E-state index contributed by atoms with van der Waals surface area (Å²) in [5.74, 6) is 5.74. The van der Waals surface area contributed by atoms with Gasteiger partial charge < -0.3 is 5.11 Å². The van der Waals surface area contributed by atoms with Gasteiger partial charge in [0.2, 0.25) is 0 Å². The summed E-state index contributed by atoms with van der Waals surface area (Å²) in [5, 5.41) is 8.71. The lowest BCUT2D eigenvalue weighted by atomic mass is 10.1. The summed E-state index contributed by atoms with van der Waals surface area (Å²) >= 11 is 0. The fourth-order valence-electron chi connectivity index (χ4n) is 1.29. The second-order valence-corrected chi connectivity index (χ2v) is 3.85. The number of aromatic carboxylic acids is 1. The Hall–Kier alpha value is -2.01. The molecular formula is C14H12O2. The number of allylic oxidation sites excluding steroid dienone is 2. The van der Waals surface area contributed by atoms with Crippen LogP contribution >= 0.6 is 0 Å². The Kier molecular flexibility index (Phi) is 3.07. The molecule has 2 rings (SSSR count). The van der Waals surface area contributed by atoms with Gasteiger partial charge in [0.25, 0.3) is 0 Å². The highest BCUT2D eigenvalue weighted by Crippen LogP contribution is 2.29. The topological polar surface area (TPSA) is 37.3 Å². The van der Waals surface area contributed by atoms with Crippen LogP contribution in [-0.2, 0) is 0 Å². The van der Waals surface area contributed by atoms with Crippen LogP contribution in [0, 0.1) is 17.8 Å². The SMILES string of the molecule is O=C(O)c1ccc(C#CC=CC2CC2)cc1. The van der Waals surface area contributed by atoms with Crippen molar-refractivity contribution in [1.82, 2.24) is 0 Å². The third-order valence-electron chi connectivity index (χ3n) is 2.42. The van der Waals surface area contributed by atoms with Gasteiger partial charge in [0.15, 0.2) is 0 Å². The van der Waals surface area contributed by atoms with Crippen LogP contribution in [0.25, 0.3) is 0 Å². The van der Waals surface area contributed by atoms with E-state index in [-0.39, 0.29) is 0 Å². The second kappa shape index (κ2) is 4.67. The molecule has 1 aliphatic carbocycles. The molecule has 0 unspecified atom stereocenters. The van der Waals surface area contributed by atoms with E-state index in [0.717, 1.165) is 11.5 Å². The van der Waals surface area contributed by atoms with Crippen molar-refractivity contribution in [3.63, 3.8) is 0 Å². The fraction of sp³-hybridized carbons (Fsp3) is 0.214. The van der Waals surface area contributed by atoms with E-state index < -0.39 is 5.97 Å². The molecule has 1 saturated carbocycles. The molecule has 0 aliphatic heterocycles. The summed E-state index contributed by atoms with van der Waals surface area (Å²) in [4.78, 5) is 10.6. The molecular weight excluding hydrogens is 200 g/mol. The maximum absolute atomic E-state index is 10.6. The average Bonchev–Trinajstić information content (AvgIpc) is 3.09. The smallest absolute Gasteiger partial charge is 0.335 e. The maximum atomic E-state index is 10.6. The van der Waals surface area contributed by atoms with Crippen LogP contribution in [0.3, 0.4) is 0 Å². The van der Waals surface area contributed by atoms with Gasteiger partial charge in [-0.25, -0.2) is 4.79 Å². The monoisotopic (exact) mass is 212 g/mol. The first-order valence-corrected chi connectivity index (χ1v) is 5.27. The molecule has 80 valence electrons. The average molecular weight is 212 g/mol. The summed E-state index contributed by atoms with van der Waals surface area (Å²) < 4.78 is 0. The molecule has 16 heavy (non-hydrogen) atoms. The van der Waals surface area contributed by atoms with Crippen LogP contribution in [0.4, 0.5) is 0 Å². The Morgan fingerprint density at radius 2 is 2.00 bits per heavy atom. The van der Waals surface area contributed by atoms with E-state index in [4.69, 9.17) is 5.11 Å². The zero-order valence-corrected chi connectivity index (χ0v) is 8.81. The number of carbonyl (C=O) groups is 1. The first-order chi connectivity index (χ1) is 7.75. The van der Waals surface area contributed by atoms with E-state index in [2.05, 4.69) is 17.9 Å². The van der Waals surface area contributed by atoms with Crippen molar-refractivity contribution in [3.8, 4) is 11.8 Å². The van der Waals surface area contributed by atoms with Crippen LogP contribution in [0.5, 0.6) is 0 Å². The largest absolute Gasteiger partial charge is 0.478 e. The van der Waals surface area contributed by atoms with E-state index in [1.807, 2.05) is 6.08 Å². The number of carboxylic acids is 1. The van der Waals surface area contributed by atoms with Crippen molar-refractivity contribution < 1.29 is 9.90 Å². The van der Waals surface area contributed by atoms with Crippen molar-refractivity contribution in [2.45, 2.75) is 12.8 Å². The van der Waals surface area contributed by atoms with Gasteiger partial charge in [-0.05, 0) is 49.1 Å². The summed E-state index contributed by atoms with van der Waals surface area (Å²) in [7, 11) is 0. The van der Waals surface area contributed by atoms with Gasteiger partial charge in [0, 0.05) is 5.56 Å². The highest BCUT2D eigenvalue weighted by Gasteiger charge is 2.16. The maximum Gasteiger partial charge on any atom is 0.335 e. The van der Waals surface area contributed by atoms with Crippen LogP contribution < -0.4 is 0 Å². The molecule has 1 aromatic carbocycles. The lowest BCUT2D eigenvalue weighted by Gasteiger charge is -1.92.